The first-order valence-corrected chi connectivity index (χ1v) is 7.56. The van der Waals surface area contributed by atoms with Gasteiger partial charge < -0.3 is 10.6 Å². The fourth-order valence-corrected chi connectivity index (χ4v) is 3.34. The molecule has 1 heterocycles. The van der Waals surface area contributed by atoms with E-state index in [1.807, 2.05) is 0 Å². The Morgan fingerprint density at radius 1 is 1.15 bits per heavy atom. The van der Waals surface area contributed by atoms with Gasteiger partial charge in [0.25, 0.3) is 0 Å². The van der Waals surface area contributed by atoms with Gasteiger partial charge in [0, 0.05) is 18.5 Å². The summed E-state index contributed by atoms with van der Waals surface area (Å²) in [4.78, 5) is 12.0. The van der Waals surface area contributed by atoms with E-state index in [1.54, 1.807) is 0 Å². The second kappa shape index (κ2) is 6.78. The van der Waals surface area contributed by atoms with Gasteiger partial charge in [-0.2, -0.15) is 13.2 Å². The lowest BCUT2D eigenvalue weighted by Crippen LogP contribution is -2.43. The monoisotopic (exact) mass is 292 g/mol. The molecule has 1 aliphatic carbocycles. The lowest BCUT2D eigenvalue weighted by molar-refractivity contribution is -0.198. The summed E-state index contributed by atoms with van der Waals surface area (Å²) in [7, 11) is 0. The Balaban J connectivity index is 1.79. The molecule has 1 amide bonds. The summed E-state index contributed by atoms with van der Waals surface area (Å²) in [6.45, 7) is 1.47. The predicted octanol–water partition coefficient (Wildman–Crippen LogP) is 2.61. The van der Waals surface area contributed by atoms with Crippen molar-refractivity contribution in [3.8, 4) is 0 Å². The van der Waals surface area contributed by atoms with Crippen LogP contribution in [0.4, 0.5) is 13.2 Å². The van der Waals surface area contributed by atoms with Gasteiger partial charge in [0.2, 0.25) is 5.91 Å². The van der Waals surface area contributed by atoms with E-state index in [0.717, 1.165) is 32.2 Å². The quantitative estimate of drug-likeness (QED) is 0.836. The van der Waals surface area contributed by atoms with Crippen LogP contribution in [0.25, 0.3) is 0 Å². The van der Waals surface area contributed by atoms with Gasteiger partial charge in [0.15, 0.2) is 0 Å². The highest BCUT2D eigenvalue weighted by Crippen LogP contribution is 2.41. The first-order chi connectivity index (χ1) is 9.48. The van der Waals surface area contributed by atoms with Gasteiger partial charge in [-0.25, -0.2) is 0 Å². The maximum absolute atomic E-state index is 12.9. The molecule has 6 heteroatoms. The molecule has 0 bridgehead atoms. The number of carbonyl (C=O) groups is 1. The molecule has 2 fully saturated rings. The molecule has 2 N–H and O–H groups in total. The summed E-state index contributed by atoms with van der Waals surface area (Å²) in [6, 6.07) is 0.403. The molecule has 1 aliphatic heterocycles. The predicted molar refractivity (Wildman–Crippen MR) is 70.2 cm³/mol. The maximum Gasteiger partial charge on any atom is 0.392 e. The van der Waals surface area contributed by atoms with E-state index < -0.39 is 23.9 Å². The van der Waals surface area contributed by atoms with Gasteiger partial charge in [-0.3, -0.25) is 4.79 Å². The van der Waals surface area contributed by atoms with E-state index in [-0.39, 0.29) is 6.42 Å². The van der Waals surface area contributed by atoms with Crippen molar-refractivity contribution >= 4 is 5.91 Å². The summed E-state index contributed by atoms with van der Waals surface area (Å²) in [5, 5.41) is 6.01. The molecule has 3 atom stereocenters. The summed E-state index contributed by atoms with van der Waals surface area (Å²) in [6.07, 6.45) is 0.505. The molecule has 20 heavy (non-hydrogen) atoms. The number of hydrogen-bond acceptors (Lipinski definition) is 2. The largest absolute Gasteiger partial charge is 0.392 e. The first-order valence-electron chi connectivity index (χ1n) is 7.56. The highest BCUT2D eigenvalue weighted by molar-refractivity contribution is 5.79. The molecule has 0 aromatic heterocycles. The number of alkyl halides is 3. The Morgan fingerprint density at radius 3 is 2.55 bits per heavy atom. The van der Waals surface area contributed by atoms with E-state index in [9.17, 15) is 18.0 Å². The average molecular weight is 292 g/mol. The molecule has 2 unspecified atom stereocenters. The zero-order valence-corrected chi connectivity index (χ0v) is 11.6. The minimum absolute atomic E-state index is 0.0891. The maximum atomic E-state index is 12.9. The minimum atomic E-state index is -4.25. The number of rotatable bonds is 4. The standard InChI is InChI=1S/C14H23F3N2O/c15-14(16,17)12-6-2-1-5-11(12)13(20)19-9-7-10-4-3-8-18-10/h10-12,18H,1-9H2,(H,19,20)/t10-,11?,12?/m0/s1. The molecule has 0 radical (unpaired) electrons. The van der Waals surface area contributed by atoms with Crippen LogP contribution in [-0.2, 0) is 4.79 Å². The lowest BCUT2D eigenvalue weighted by atomic mass is 9.78. The highest BCUT2D eigenvalue weighted by Gasteiger charge is 2.47. The van der Waals surface area contributed by atoms with Crippen molar-refractivity contribution in [2.24, 2.45) is 11.8 Å². The van der Waals surface area contributed by atoms with E-state index in [0.29, 0.717) is 25.4 Å². The second-order valence-electron chi connectivity index (χ2n) is 5.91. The molecule has 0 spiro atoms. The van der Waals surface area contributed by atoms with Crippen molar-refractivity contribution in [3.63, 3.8) is 0 Å². The Hall–Kier alpha value is -0.780. The number of carbonyl (C=O) groups excluding carboxylic acids is 1. The number of hydrogen-bond donors (Lipinski definition) is 2. The number of halogens is 3. The van der Waals surface area contributed by atoms with Crippen LogP contribution >= 0.6 is 0 Å². The lowest BCUT2D eigenvalue weighted by Gasteiger charge is -2.32. The van der Waals surface area contributed by atoms with Crippen LogP contribution in [0.2, 0.25) is 0 Å². The van der Waals surface area contributed by atoms with Crippen molar-refractivity contribution in [3.05, 3.63) is 0 Å². The molecule has 0 aromatic rings. The van der Waals surface area contributed by atoms with Crippen LogP contribution in [0.5, 0.6) is 0 Å². The number of amides is 1. The van der Waals surface area contributed by atoms with E-state index in [1.165, 1.54) is 0 Å². The van der Waals surface area contributed by atoms with Crippen molar-refractivity contribution in [1.82, 2.24) is 10.6 Å². The van der Waals surface area contributed by atoms with E-state index >= 15 is 0 Å². The smallest absolute Gasteiger partial charge is 0.356 e. The summed E-state index contributed by atoms with van der Waals surface area (Å²) < 4.78 is 38.8. The molecule has 2 aliphatic rings. The van der Waals surface area contributed by atoms with Gasteiger partial charge in [-0.05, 0) is 38.6 Å². The zero-order valence-electron chi connectivity index (χ0n) is 11.6. The minimum Gasteiger partial charge on any atom is -0.356 e. The molecule has 0 aromatic carbocycles. The van der Waals surface area contributed by atoms with E-state index in [2.05, 4.69) is 10.6 Å². The molecular formula is C14H23F3N2O. The third-order valence-corrected chi connectivity index (χ3v) is 4.48. The Bertz CT molecular complexity index is 327. The van der Waals surface area contributed by atoms with Gasteiger partial charge in [0.1, 0.15) is 0 Å². The van der Waals surface area contributed by atoms with Crippen LogP contribution in [0.1, 0.15) is 44.9 Å². The Morgan fingerprint density at radius 2 is 1.90 bits per heavy atom. The average Bonchev–Trinajstić information content (AvgIpc) is 2.91. The van der Waals surface area contributed by atoms with Crippen LogP contribution < -0.4 is 10.6 Å². The Labute approximate surface area is 117 Å². The van der Waals surface area contributed by atoms with Gasteiger partial charge >= 0.3 is 6.18 Å². The van der Waals surface area contributed by atoms with Gasteiger partial charge in [-0.15, -0.1) is 0 Å². The summed E-state index contributed by atoms with van der Waals surface area (Å²) in [5.74, 6) is -2.76. The third kappa shape index (κ3) is 4.11. The fraction of sp³-hybridized carbons (Fsp3) is 0.929. The summed E-state index contributed by atoms with van der Waals surface area (Å²) >= 11 is 0. The van der Waals surface area contributed by atoms with Crippen LogP contribution in [-0.4, -0.2) is 31.2 Å². The molecular weight excluding hydrogens is 269 g/mol. The molecule has 1 saturated heterocycles. The Kier molecular flexibility index (Phi) is 5.29. The van der Waals surface area contributed by atoms with E-state index in [4.69, 9.17) is 0 Å². The SMILES string of the molecule is O=C(NCC[C@@H]1CCCN1)C1CCCCC1C(F)(F)F. The molecule has 3 nitrogen and oxygen atoms in total. The summed E-state index contributed by atoms with van der Waals surface area (Å²) in [5.41, 5.74) is 0. The van der Waals surface area contributed by atoms with Crippen molar-refractivity contribution in [2.45, 2.75) is 57.2 Å². The van der Waals surface area contributed by atoms with Crippen LogP contribution in [0.15, 0.2) is 0 Å². The number of nitrogens with one attached hydrogen (secondary N) is 2. The van der Waals surface area contributed by atoms with Crippen molar-refractivity contribution in [1.29, 1.82) is 0 Å². The van der Waals surface area contributed by atoms with Gasteiger partial charge in [-0.1, -0.05) is 12.8 Å². The van der Waals surface area contributed by atoms with Crippen LogP contribution in [0, 0.1) is 11.8 Å². The van der Waals surface area contributed by atoms with Crippen molar-refractivity contribution in [2.75, 3.05) is 13.1 Å². The topological polar surface area (TPSA) is 41.1 Å². The molecule has 1 saturated carbocycles. The zero-order chi connectivity index (χ0) is 14.6. The highest BCUT2D eigenvalue weighted by atomic mass is 19.4. The molecule has 116 valence electrons. The van der Waals surface area contributed by atoms with Gasteiger partial charge in [0.05, 0.1) is 5.92 Å². The van der Waals surface area contributed by atoms with Crippen LogP contribution in [0.3, 0.4) is 0 Å². The fourth-order valence-electron chi connectivity index (χ4n) is 3.34. The normalized spacial score (nSPS) is 31.2. The molecule has 2 rings (SSSR count). The van der Waals surface area contributed by atoms with Crippen molar-refractivity contribution < 1.29 is 18.0 Å². The second-order valence-corrected chi connectivity index (χ2v) is 5.91. The first kappa shape index (κ1) is 15.6. The third-order valence-electron chi connectivity index (χ3n) is 4.48.